The summed E-state index contributed by atoms with van der Waals surface area (Å²) in [5.74, 6) is 0.447. The van der Waals surface area contributed by atoms with E-state index in [0.29, 0.717) is 29.2 Å². The molecule has 1 fully saturated rings. The predicted octanol–water partition coefficient (Wildman–Crippen LogP) is 3.37. The maximum atomic E-state index is 12.3. The summed E-state index contributed by atoms with van der Waals surface area (Å²) in [6.07, 6.45) is 2.27. The molecule has 0 aromatic heterocycles. The van der Waals surface area contributed by atoms with Crippen LogP contribution in [0.5, 0.6) is 5.75 Å². The number of nitrogens with one attached hydrogen (secondary N) is 1. The third-order valence-electron chi connectivity index (χ3n) is 3.87. The summed E-state index contributed by atoms with van der Waals surface area (Å²) in [5, 5.41) is 11.8. The van der Waals surface area contributed by atoms with Crippen molar-refractivity contribution in [3.8, 4) is 11.8 Å². The minimum atomic E-state index is -0.261. The van der Waals surface area contributed by atoms with Crippen molar-refractivity contribution < 1.29 is 14.3 Å². The van der Waals surface area contributed by atoms with Gasteiger partial charge in [0, 0.05) is 12.2 Å². The highest BCUT2D eigenvalue weighted by Crippen LogP contribution is 2.18. The first-order chi connectivity index (χ1) is 11.8. The Labute approximate surface area is 140 Å². The molecule has 2 aromatic rings. The average molecular weight is 322 g/mol. The molecule has 5 nitrogen and oxygen atoms in total. The summed E-state index contributed by atoms with van der Waals surface area (Å²) < 4.78 is 11.2. The molecule has 0 radical (unpaired) electrons. The normalized spacial score (nSPS) is 16.4. The monoisotopic (exact) mass is 322 g/mol. The molecule has 0 aliphatic carbocycles. The molecule has 1 heterocycles. The van der Waals surface area contributed by atoms with Crippen LogP contribution in [-0.4, -0.2) is 25.2 Å². The molecule has 24 heavy (non-hydrogen) atoms. The molecule has 0 saturated carbocycles. The number of rotatable bonds is 5. The Morgan fingerprint density at radius 3 is 2.75 bits per heavy atom. The number of carbonyl (C=O) groups excluding carboxylic acids is 1. The zero-order chi connectivity index (χ0) is 16.8. The zero-order valence-corrected chi connectivity index (χ0v) is 13.2. The Hall–Kier alpha value is -2.84. The van der Waals surface area contributed by atoms with Gasteiger partial charge in [-0.2, -0.15) is 5.26 Å². The SMILES string of the molecule is N#Cc1ccccc1NC(=O)c1ccc(OC[C@@H]2CCCO2)cc1. The van der Waals surface area contributed by atoms with E-state index in [1.165, 1.54) is 0 Å². The second kappa shape index (κ2) is 7.62. The van der Waals surface area contributed by atoms with Crippen LogP contribution >= 0.6 is 0 Å². The van der Waals surface area contributed by atoms with E-state index in [9.17, 15) is 4.79 Å². The molecular formula is C19H18N2O3. The summed E-state index contributed by atoms with van der Waals surface area (Å²) in [7, 11) is 0. The van der Waals surface area contributed by atoms with Crippen molar-refractivity contribution in [2.45, 2.75) is 18.9 Å². The van der Waals surface area contributed by atoms with Crippen LogP contribution in [-0.2, 0) is 4.74 Å². The number of benzene rings is 2. The Kier molecular flexibility index (Phi) is 5.09. The maximum Gasteiger partial charge on any atom is 0.255 e. The lowest BCUT2D eigenvalue weighted by atomic mass is 10.1. The van der Waals surface area contributed by atoms with Gasteiger partial charge in [0.1, 0.15) is 18.4 Å². The molecule has 1 amide bonds. The van der Waals surface area contributed by atoms with Crippen LogP contribution in [0.2, 0.25) is 0 Å². The number of para-hydroxylation sites is 1. The van der Waals surface area contributed by atoms with Gasteiger partial charge in [-0.25, -0.2) is 0 Å². The van der Waals surface area contributed by atoms with Gasteiger partial charge in [0.15, 0.2) is 0 Å². The van der Waals surface area contributed by atoms with E-state index in [1.807, 2.05) is 0 Å². The summed E-state index contributed by atoms with van der Waals surface area (Å²) in [5.41, 5.74) is 1.44. The topological polar surface area (TPSA) is 71.4 Å². The quantitative estimate of drug-likeness (QED) is 0.916. The minimum absolute atomic E-state index is 0.162. The van der Waals surface area contributed by atoms with E-state index in [4.69, 9.17) is 14.7 Å². The predicted molar refractivity (Wildman–Crippen MR) is 90.0 cm³/mol. The van der Waals surface area contributed by atoms with Gasteiger partial charge < -0.3 is 14.8 Å². The van der Waals surface area contributed by atoms with Gasteiger partial charge in [-0.05, 0) is 49.2 Å². The highest BCUT2D eigenvalue weighted by Gasteiger charge is 2.16. The van der Waals surface area contributed by atoms with Crippen LogP contribution < -0.4 is 10.1 Å². The second-order valence-corrected chi connectivity index (χ2v) is 5.58. The fourth-order valence-corrected chi connectivity index (χ4v) is 2.55. The number of carbonyl (C=O) groups is 1. The van der Waals surface area contributed by atoms with Crippen LogP contribution in [0.1, 0.15) is 28.8 Å². The Balaban J connectivity index is 1.60. The van der Waals surface area contributed by atoms with Gasteiger partial charge in [-0.3, -0.25) is 4.79 Å². The van der Waals surface area contributed by atoms with Gasteiger partial charge in [0.25, 0.3) is 5.91 Å². The number of nitriles is 1. The van der Waals surface area contributed by atoms with Gasteiger partial charge in [0.05, 0.1) is 17.4 Å². The van der Waals surface area contributed by atoms with E-state index < -0.39 is 0 Å². The lowest BCUT2D eigenvalue weighted by molar-refractivity contribution is 0.0679. The maximum absolute atomic E-state index is 12.3. The van der Waals surface area contributed by atoms with Gasteiger partial charge >= 0.3 is 0 Å². The zero-order valence-electron chi connectivity index (χ0n) is 13.2. The van der Waals surface area contributed by atoms with Crippen LogP contribution in [0.15, 0.2) is 48.5 Å². The summed E-state index contributed by atoms with van der Waals surface area (Å²) in [6.45, 7) is 1.33. The molecule has 0 bridgehead atoms. The summed E-state index contributed by atoms with van der Waals surface area (Å²) >= 11 is 0. The second-order valence-electron chi connectivity index (χ2n) is 5.58. The first-order valence-electron chi connectivity index (χ1n) is 7.91. The number of ether oxygens (including phenoxy) is 2. The van der Waals surface area contributed by atoms with Crippen molar-refractivity contribution >= 4 is 11.6 Å². The number of nitrogens with zero attached hydrogens (tertiary/aromatic N) is 1. The molecule has 122 valence electrons. The first kappa shape index (κ1) is 16.0. The Morgan fingerprint density at radius 1 is 1.25 bits per heavy atom. The number of hydrogen-bond acceptors (Lipinski definition) is 4. The standard InChI is InChI=1S/C19H18N2O3/c20-12-15-4-1-2-6-18(15)21-19(22)14-7-9-16(10-8-14)24-13-17-5-3-11-23-17/h1-2,4,6-10,17H,3,5,11,13H2,(H,21,22)/t17-/m0/s1. The lowest BCUT2D eigenvalue weighted by Gasteiger charge is -2.12. The van der Waals surface area contributed by atoms with Crippen molar-refractivity contribution in [3.05, 3.63) is 59.7 Å². The minimum Gasteiger partial charge on any atom is -0.491 e. The summed E-state index contributed by atoms with van der Waals surface area (Å²) in [6, 6.07) is 15.9. The highest BCUT2D eigenvalue weighted by atomic mass is 16.5. The van der Waals surface area contributed by atoms with E-state index >= 15 is 0 Å². The fourth-order valence-electron chi connectivity index (χ4n) is 2.55. The number of anilines is 1. The van der Waals surface area contributed by atoms with E-state index in [0.717, 1.165) is 19.4 Å². The van der Waals surface area contributed by atoms with E-state index in [1.54, 1.807) is 48.5 Å². The van der Waals surface area contributed by atoms with Crippen molar-refractivity contribution in [2.75, 3.05) is 18.5 Å². The Morgan fingerprint density at radius 2 is 2.04 bits per heavy atom. The fraction of sp³-hybridized carbons (Fsp3) is 0.263. The van der Waals surface area contributed by atoms with E-state index in [-0.39, 0.29) is 12.0 Å². The molecule has 2 aromatic carbocycles. The Bertz CT molecular complexity index is 744. The molecule has 1 atom stereocenters. The molecule has 0 unspecified atom stereocenters. The molecule has 3 rings (SSSR count). The molecule has 1 saturated heterocycles. The molecular weight excluding hydrogens is 304 g/mol. The number of amides is 1. The van der Waals surface area contributed by atoms with Crippen molar-refractivity contribution in [1.82, 2.24) is 0 Å². The van der Waals surface area contributed by atoms with Crippen LogP contribution in [0.25, 0.3) is 0 Å². The van der Waals surface area contributed by atoms with Crippen molar-refractivity contribution in [1.29, 1.82) is 5.26 Å². The van der Waals surface area contributed by atoms with Crippen molar-refractivity contribution in [3.63, 3.8) is 0 Å². The van der Waals surface area contributed by atoms with Crippen LogP contribution in [0.4, 0.5) is 5.69 Å². The third-order valence-corrected chi connectivity index (χ3v) is 3.87. The van der Waals surface area contributed by atoms with Crippen LogP contribution in [0.3, 0.4) is 0 Å². The molecule has 5 heteroatoms. The van der Waals surface area contributed by atoms with Gasteiger partial charge in [-0.1, -0.05) is 12.1 Å². The molecule has 1 aliphatic heterocycles. The van der Waals surface area contributed by atoms with Crippen LogP contribution in [0, 0.1) is 11.3 Å². The first-order valence-corrected chi connectivity index (χ1v) is 7.91. The lowest BCUT2D eigenvalue weighted by Crippen LogP contribution is -2.16. The average Bonchev–Trinajstić information content (AvgIpc) is 3.14. The molecule has 1 N–H and O–H groups in total. The van der Waals surface area contributed by atoms with Gasteiger partial charge in [0.2, 0.25) is 0 Å². The molecule has 1 aliphatic rings. The number of hydrogen-bond donors (Lipinski definition) is 1. The van der Waals surface area contributed by atoms with Crippen molar-refractivity contribution in [2.24, 2.45) is 0 Å². The van der Waals surface area contributed by atoms with E-state index in [2.05, 4.69) is 11.4 Å². The highest BCUT2D eigenvalue weighted by molar-refractivity contribution is 6.04. The summed E-state index contributed by atoms with van der Waals surface area (Å²) in [4.78, 5) is 12.3. The smallest absolute Gasteiger partial charge is 0.255 e. The largest absolute Gasteiger partial charge is 0.491 e. The molecule has 0 spiro atoms. The third kappa shape index (κ3) is 3.92. The van der Waals surface area contributed by atoms with Gasteiger partial charge in [-0.15, -0.1) is 0 Å².